The van der Waals surface area contributed by atoms with Gasteiger partial charge in [-0.1, -0.05) is 19.1 Å². The lowest BCUT2D eigenvalue weighted by molar-refractivity contribution is 0.107. The minimum absolute atomic E-state index is 0.127. The lowest BCUT2D eigenvalue weighted by Gasteiger charge is -2.17. The average Bonchev–Trinajstić information content (AvgIpc) is 2.39. The zero-order valence-corrected chi connectivity index (χ0v) is 12.4. The van der Waals surface area contributed by atoms with Crippen molar-refractivity contribution in [2.45, 2.75) is 19.4 Å². The van der Waals surface area contributed by atoms with E-state index in [1.165, 1.54) is 0 Å². The van der Waals surface area contributed by atoms with Crippen LogP contribution in [0.4, 0.5) is 0 Å². The summed E-state index contributed by atoms with van der Waals surface area (Å²) in [7, 11) is -0.0797. The molecule has 1 rings (SSSR count). The van der Waals surface area contributed by atoms with Crippen molar-refractivity contribution in [1.82, 2.24) is 4.72 Å². The van der Waals surface area contributed by atoms with E-state index in [9.17, 15) is 8.42 Å². The van der Waals surface area contributed by atoms with E-state index < -0.39 is 10.0 Å². The standard InChI is InChI=1S/C13H21NO4S/c1-4-8-19(15,16)14-10-13(18-3)11-6-5-7-12(9-11)17-2/h5-7,9,13-14H,4,8,10H2,1-3H3. The van der Waals surface area contributed by atoms with Gasteiger partial charge in [-0.2, -0.15) is 0 Å². The van der Waals surface area contributed by atoms with E-state index in [2.05, 4.69) is 4.72 Å². The normalized spacial score (nSPS) is 13.2. The van der Waals surface area contributed by atoms with Gasteiger partial charge in [-0.15, -0.1) is 0 Å². The van der Waals surface area contributed by atoms with Crippen LogP contribution in [0.25, 0.3) is 0 Å². The third kappa shape index (κ3) is 5.18. The van der Waals surface area contributed by atoms with E-state index >= 15 is 0 Å². The minimum atomic E-state index is -3.22. The molecule has 0 heterocycles. The molecule has 0 aliphatic rings. The number of hydrogen-bond donors (Lipinski definition) is 1. The van der Waals surface area contributed by atoms with Crippen LogP contribution in [-0.4, -0.2) is 34.9 Å². The van der Waals surface area contributed by atoms with E-state index in [4.69, 9.17) is 9.47 Å². The zero-order valence-electron chi connectivity index (χ0n) is 11.5. The molecule has 0 aliphatic heterocycles. The Bertz CT molecular complexity index is 487. The van der Waals surface area contributed by atoms with E-state index in [0.29, 0.717) is 6.42 Å². The van der Waals surface area contributed by atoms with Crippen LogP contribution in [0, 0.1) is 0 Å². The van der Waals surface area contributed by atoms with Crippen molar-refractivity contribution in [3.05, 3.63) is 29.8 Å². The maximum Gasteiger partial charge on any atom is 0.211 e. The Hall–Kier alpha value is -1.11. The summed E-state index contributed by atoms with van der Waals surface area (Å²) in [5, 5.41) is 0. The molecule has 5 nitrogen and oxygen atoms in total. The van der Waals surface area contributed by atoms with Crippen LogP contribution in [0.2, 0.25) is 0 Å². The Morgan fingerprint density at radius 1 is 1.32 bits per heavy atom. The zero-order chi connectivity index (χ0) is 14.3. The predicted octanol–water partition coefficient (Wildman–Crippen LogP) is 1.71. The Balaban J connectivity index is 2.73. The Morgan fingerprint density at radius 2 is 2.05 bits per heavy atom. The van der Waals surface area contributed by atoms with Gasteiger partial charge in [0.15, 0.2) is 0 Å². The van der Waals surface area contributed by atoms with Gasteiger partial charge in [-0.3, -0.25) is 0 Å². The summed E-state index contributed by atoms with van der Waals surface area (Å²) in [5.41, 5.74) is 0.876. The van der Waals surface area contributed by atoms with Crippen LogP contribution in [0.3, 0.4) is 0 Å². The fourth-order valence-corrected chi connectivity index (χ4v) is 2.81. The highest BCUT2D eigenvalue weighted by Gasteiger charge is 2.15. The molecule has 1 atom stereocenters. The van der Waals surface area contributed by atoms with E-state index in [0.717, 1.165) is 11.3 Å². The number of sulfonamides is 1. The van der Waals surface area contributed by atoms with Crippen molar-refractivity contribution < 1.29 is 17.9 Å². The lowest BCUT2D eigenvalue weighted by Crippen LogP contribution is -2.31. The largest absolute Gasteiger partial charge is 0.497 e. The summed E-state index contributed by atoms with van der Waals surface area (Å²) in [6.07, 6.45) is 0.258. The number of methoxy groups -OCH3 is 2. The molecule has 0 fully saturated rings. The van der Waals surface area contributed by atoms with Crippen LogP contribution < -0.4 is 9.46 Å². The van der Waals surface area contributed by atoms with Crippen molar-refractivity contribution in [3.63, 3.8) is 0 Å². The number of ether oxygens (including phenoxy) is 2. The molecular formula is C13H21NO4S. The Kier molecular flexibility index (Phi) is 6.27. The molecular weight excluding hydrogens is 266 g/mol. The predicted molar refractivity (Wildman–Crippen MR) is 74.8 cm³/mol. The summed E-state index contributed by atoms with van der Waals surface area (Å²) in [5.74, 6) is 0.845. The van der Waals surface area contributed by atoms with Crippen LogP contribution in [0.1, 0.15) is 25.0 Å². The van der Waals surface area contributed by atoms with Gasteiger partial charge < -0.3 is 9.47 Å². The maximum absolute atomic E-state index is 11.6. The summed E-state index contributed by atoms with van der Waals surface area (Å²) in [6, 6.07) is 7.39. The SMILES string of the molecule is CCCS(=O)(=O)NCC(OC)c1cccc(OC)c1. The van der Waals surface area contributed by atoms with E-state index in [1.54, 1.807) is 14.2 Å². The van der Waals surface area contributed by atoms with Gasteiger partial charge in [-0.25, -0.2) is 13.1 Å². The summed E-state index contributed by atoms with van der Waals surface area (Å²) in [6.45, 7) is 2.04. The minimum Gasteiger partial charge on any atom is -0.497 e. The van der Waals surface area contributed by atoms with E-state index in [-0.39, 0.29) is 18.4 Å². The molecule has 0 aliphatic carbocycles. The molecule has 0 radical (unpaired) electrons. The topological polar surface area (TPSA) is 64.6 Å². The molecule has 1 N–H and O–H groups in total. The summed E-state index contributed by atoms with van der Waals surface area (Å²) < 4.78 is 36.2. The molecule has 6 heteroatoms. The first-order valence-corrected chi connectivity index (χ1v) is 7.81. The molecule has 19 heavy (non-hydrogen) atoms. The van der Waals surface area contributed by atoms with Gasteiger partial charge in [-0.05, 0) is 24.1 Å². The average molecular weight is 287 g/mol. The monoisotopic (exact) mass is 287 g/mol. The molecule has 1 aromatic carbocycles. The van der Waals surface area contributed by atoms with Crippen LogP contribution in [-0.2, 0) is 14.8 Å². The third-order valence-corrected chi connectivity index (χ3v) is 4.26. The second-order valence-electron chi connectivity index (χ2n) is 4.17. The second kappa shape index (κ2) is 7.47. The van der Waals surface area contributed by atoms with Gasteiger partial charge in [0.1, 0.15) is 5.75 Å². The molecule has 0 spiro atoms. The number of rotatable bonds is 8. The smallest absolute Gasteiger partial charge is 0.211 e. The highest BCUT2D eigenvalue weighted by atomic mass is 32.2. The number of nitrogens with one attached hydrogen (secondary N) is 1. The molecule has 0 saturated heterocycles. The van der Waals surface area contributed by atoms with Crippen LogP contribution >= 0.6 is 0 Å². The fraction of sp³-hybridized carbons (Fsp3) is 0.538. The van der Waals surface area contributed by atoms with Gasteiger partial charge >= 0.3 is 0 Å². The molecule has 1 aromatic rings. The fourth-order valence-electron chi connectivity index (χ4n) is 1.72. The molecule has 0 amide bonds. The van der Waals surface area contributed by atoms with Crippen molar-refractivity contribution in [3.8, 4) is 5.75 Å². The first-order valence-electron chi connectivity index (χ1n) is 6.16. The van der Waals surface area contributed by atoms with E-state index in [1.807, 2.05) is 31.2 Å². The van der Waals surface area contributed by atoms with Crippen LogP contribution in [0.5, 0.6) is 5.75 Å². The Labute approximate surface area is 115 Å². The number of hydrogen-bond acceptors (Lipinski definition) is 4. The lowest BCUT2D eigenvalue weighted by atomic mass is 10.1. The van der Waals surface area contributed by atoms with Crippen molar-refractivity contribution in [2.24, 2.45) is 0 Å². The number of benzene rings is 1. The Morgan fingerprint density at radius 3 is 2.63 bits per heavy atom. The second-order valence-corrected chi connectivity index (χ2v) is 6.09. The van der Waals surface area contributed by atoms with Crippen LogP contribution in [0.15, 0.2) is 24.3 Å². The van der Waals surface area contributed by atoms with Gasteiger partial charge in [0.2, 0.25) is 10.0 Å². The highest BCUT2D eigenvalue weighted by Crippen LogP contribution is 2.21. The maximum atomic E-state index is 11.6. The highest BCUT2D eigenvalue weighted by molar-refractivity contribution is 7.89. The molecule has 0 aromatic heterocycles. The molecule has 108 valence electrons. The first-order chi connectivity index (χ1) is 9.02. The molecule has 0 saturated carbocycles. The van der Waals surface area contributed by atoms with Gasteiger partial charge in [0.25, 0.3) is 0 Å². The van der Waals surface area contributed by atoms with Gasteiger partial charge in [0, 0.05) is 13.7 Å². The quantitative estimate of drug-likeness (QED) is 0.790. The first kappa shape index (κ1) is 15.9. The van der Waals surface area contributed by atoms with Crippen molar-refractivity contribution >= 4 is 10.0 Å². The third-order valence-electron chi connectivity index (χ3n) is 2.71. The molecule has 1 unspecified atom stereocenters. The molecule has 0 bridgehead atoms. The van der Waals surface area contributed by atoms with Gasteiger partial charge in [0.05, 0.1) is 19.0 Å². The summed E-state index contributed by atoms with van der Waals surface area (Å²) in [4.78, 5) is 0. The van der Waals surface area contributed by atoms with Crippen molar-refractivity contribution in [2.75, 3.05) is 26.5 Å². The van der Waals surface area contributed by atoms with Crippen molar-refractivity contribution in [1.29, 1.82) is 0 Å². The summed E-state index contributed by atoms with van der Waals surface area (Å²) >= 11 is 0.